The summed E-state index contributed by atoms with van der Waals surface area (Å²) in [5.41, 5.74) is 0.905. The first-order valence-corrected chi connectivity index (χ1v) is 4.65. The number of nitrogens with one attached hydrogen (secondary N) is 1. The van der Waals surface area contributed by atoms with Gasteiger partial charge in [-0.1, -0.05) is 11.2 Å². The summed E-state index contributed by atoms with van der Waals surface area (Å²) in [6, 6.07) is 5.89. The van der Waals surface area contributed by atoms with E-state index in [1.807, 2.05) is 0 Å². The highest BCUT2D eigenvalue weighted by atomic mass is 19.1. The van der Waals surface area contributed by atoms with Crippen LogP contribution < -0.4 is 5.32 Å². The smallest absolute Gasteiger partial charge is 0.294 e. The number of anilines is 1. The number of carbonyl (C=O) groups is 1. The Labute approximate surface area is 91.1 Å². The fourth-order valence-corrected chi connectivity index (χ4v) is 1.20. The zero-order valence-electron chi connectivity index (χ0n) is 8.53. The number of rotatable bonds is 2. The van der Waals surface area contributed by atoms with Crippen molar-refractivity contribution >= 4 is 11.6 Å². The van der Waals surface area contributed by atoms with E-state index in [9.17, 15) is 9.18 Å². The summed E-state index contributed by atoms with van der Waals surface area (Å²) in [4.78, 5) is 11.5. The Morgan fingerprint density at radius 2 is 2.25 bits per heavy atom. The van der Waals surface area contributed by atoms with Crippen LogP contribution in [0.4, 0.5) is 10.1 Å². The van der Waals surface area contributed by atoms with Gasteiger partial charge in [0, 0.05) is 11.8 Å². The molecule has 82 valence electrons. The van der Waals surface area contributed by atoms with Crippen molar-refractivity contribution < 1.29 is 13.7 Å². The van der Waals surface area contributed by atoms with Gasteiger partial charge in [-0.05, 0) is 24.6 Å². The van der Waals surface area contributed by atoms with E-state index in [0.29, 0.717) is 11.3 Å². The van der Waals surface area contributed by atoms with E-state index in [-0.39, 0.29) is 11.6 Å². The van der Waals surface area contributed by atoms with Gasteiger partial charge in [0.05, 0.1) is 6.20 Å². The molecule has 5 heteroatoms. The minimum absolute atomic E-state index is 0.0842. The van der Waals surface area contributed by atoms with Crippen LogP contribution in [0.15, 0.2) is 35.0 Å². The quantitative estimate of drug-likeness (QED) is 0.845. The third kappa shape index (κ3) is 2.08. The van der Waals surface area contributed by atoms with E-state index in [1.54, 1.807) is 19.1 Å². The molecule has 16 heavy (non-hydrogen) atoms. The van der Waals surface area contributed by atoms with Gasteiger partial charge in [0.25, 0.3) is 5.91 Å². The maximum Gasteiger partial charge on any atom is 0.294 e. The molecule has 1 heterocycles. The summed E-state index contributed by atoms with van der Waals surface area (Å²) < 4.78 is 17.9. The highest BCUT2D eigenvalue weighted by Crippen LogP contribution is 2.14. The third-order valence-corrected chi connectivity index (χ3v) is 2.09. The lowest BCUT2D eigenvalue weighted by Crippen LogP contribution is -2.11. The Morgan fingerprint density at radius 1 is 1.44 bits per heavy atom. The van der Waals surface area contributed by atoms with Gasteiger partial charge in [-0.25, -0.2) is 4.39 Å². The molecule has 0 bridgehead atoms. The molecule has 0 aliphatic rings. The number of hydrogen-bond acceptors (Lipinski definition) is 3. The summed E-state index contributed by atoms with van der Waals surface area (Å²) in [5.74, 6) is -0.739. The Morgan fingerprint density at radius 3 is 2.88 bits per heavy atom. The van der Waals surface area contributed by atoms with Crippen LogP contribution in [0.1, 0.15) is 16.1 Å². The van der Waals surface area contributed by atoms with Crippen molar-refractivity contribution in [1.29, 1.82) is 0 Å². The minimum atomic E-state index is -0.458. The number of benzene rings is 1. The molecule has 0 atom stereocenters. The molecule has 2 aromatic rings. The first-order chi connectivity index (χ1) is 7.66. The molecule has 0 saturated carbocycles. The number of amides is 1. The summed E-state index contributed by atoms with van der Waals surface area (Å²) >= 11 is 0. The van der Waals surface area contributed by atoms with Gasteiger partial charge in [-0.3, -0.25) is 4.79 Å². The normalized spacial score (nSPS) is 10.1. The topological polar surface area (TPSA) is 55.1 Å². The average Bonchev–Trinajstić information content (AvgIpc) is 2.77. The van der Waals surface area contributed by atoms with Crippen molar-refractivity contribution in [1.82, 2.24) is 5.16 Å². The molecule has 1 N–H and O–H groups in total. The second-order valence-electron chi connectivity index (χ2n) is 3.29. The second kappa shape index (κ2) is 4.14. The minimum Gasteiger partial charge on any atom is -0.351 e. The molecule has 1 aromatic carbocycles. The summed E-state index contributed by atoms with van der Waals surface area (Å²) in [7, 11) is 0. The van der Waals surface area contributed by atoms with E-state index >= 15 is 0 Å². The number of nitrogens with zero attached hydrogens (tertiary/aromatic N) is 1. The lowest BCUT2D eigenvalue weighted by Gasteiger charge is -2.03. The van der Waals surface area contributed by atoms with Crippen molar-refractivity contribution in [3.63, 3.8) is 0 Å². The fraction of sp³-hybridized carbons (Fsp3) is 0.0909. The van der Waals surface area contributed by atoms with Gasteiger partial charge in [0.2, 0.25) is 5.76 Å². The molecule has 0 unspecified atom stereocenters. The van der Waals surface area contributed by atoms with Crippen molar-refractivity contribution in [3.05, 3.63) is 47.6 Å². The molecule has 0 aliphatic carbocycles. The van der Waals surface area contributed by atoms with Crippen LogP contribution >= 0.6 is 0 Å². The van der Waals surface area contributed by atoms with Crippen molar-refractivity contribution in [2.75, 3.05) is 5.32 Å². The van der Waals surface area contributed by atoms with Crippen LogP contribution in [-0.4, -0.2) is 11.1 Å². The van der Waals surface area contributed by atoms with Gasteiger partial charge in [-0.15, -0.1) is 0 Å². The van der Waals surface area contributed by atoms with Gasteiger partial charge in [-0.2, -0.15) is 0 Å². The van der Waals surface area contributed by atoms with Crippen LogP contribution in [0.3, 0.4) is 0 Å². The maximum absolute atomic E-state index is 13.2. The van der Waals surface area contributed by atoms with E-state index in [0.717, 1.165) is 0 Å². The van der Waals surface area contributed by atoms with Crippen molar-refractivity contribution in [2.45, 2.75) is 6.92 Å². The number of aromatic nitrogens is 1. The van der Waals surface area contributed by atoms with Crippen molar-refractivity contribution in [3.8, 4) is 0 Å². The monoisotopic (exact) mass is 220 g/mol. The average molecular weight is 220 g/mol. The Bertz CT molecular complexity index is 509. The molecule has 1 amide bonds. The zero-order valence-corrected chi connectivity index (χ0v) is 8.53. The first-order valence-electron chi connectivity index (χ1n) is 4.65. The molecule has 0 spiro atoms. The van der Waals surface area contributed by atoms with Crippen LogP contribution in [0.5, 0.6) is 0 Å². The highest BCUT2D eigenvalue weighted by molar-refractivity contribution is 6.02. The largest absolute Gasteiger partial charge is 0.351 e. The predicted molar refractivity (Wildman–Crippen MR) is 55.6 cm³/mol. The second-order valence-corrected chi connectivity index (χ2v) is 3.29. The Hall–Kier alpha value is -2.17. The molecule has 0 saturated heterocycles. The lowest BCUT2D eigenvalue weighted by molar-refractivity contribution is 0.0988. The Kier molecular flexibility index (Phi) is 2.68. The van der Waals surface area contributed by atoms with Crippen LogP contribution in [0.2, 0.25) is 0 Å². The molecule has 0 radical (unpaired) electrons. The van der Waals surface area contributed by atoms with E-state index in [2.05, 4.69) is 15.0 Å². The van der Waals surface area contributed by atoms with E-state index in [1.165, 1.54) is 18.3 Å². The molecular formula is C11H9FN2O2. The van der Waals surface area contributed by atoms with Crippen LogP contribution in [0.25, 0.3) is 0 Å². The fourth-order valence-electron chi connectivity index (χ4n) is 1.20. The van der Waals surface area contributed by atoms with Crippen LogP contribution in [-0.2, 0) is 0 Å². The van der Waals surface area contributed by atoms with E-state index < -0.39 is 5.91 Å². The molecule has 1 aromatic heterocycles. The van der Waals surface area contributed by atoms with Gasteiger partial charge in [0.15, 0.2) is 0 Å². The zero-order chi connectivity index (χ0) is 11.5. The van der Waals surface area contributed by atoms with Gasteiger partial charge < -0.3 is 9.84 Å². The highest BCUT2D eigenvalue weighted by Gasteiger charge is 2.10. The summed E-state index contributed by atoms with van der Waals surface area (Å²) in [6.07, 6.45) is 1.37. The van der Waals surface area contributed by atoms with E-state index in [4.69, 9.17) is 0 Å². The number of aryl methyl sites for hydroxylation is 1. The standard InChI is InChI=1S/C11H9FN2O2/c1-7-2-3-8(6-9(7)12)14-11(15)10-4-5-13-16-10/h2-6H,1H3,(H,14,15). The number of hydrogen-bond donors (Lipinski definition) is 1. The van der Waals surface area contributed by atoms with Crippen LogP contribution in [0, 0.1) is 12.7 Å². The maximum atomic E-state index is 13.2. The van der Waals surface area contributed by atoms with Gasteiger partial charge >= 0.3 is 0 Å². The molecule has 2 rings (SSSR count). The van der Waals surface area contributed by atoms with Crippen molar-refractivity contribution in [2.24, 2.45) is 0 Å². The SMILES string of the molecule is Cc1ccc(NC(=O)c2ccno2)cc1F. The van der Waals surface area contributed by atoms with Gasteiger partial charge in [0.1, 0.15) is 5.82 Å². The molecule has 0 fully saturated rings. The number of carbonyl (C=O) groups excluding carboxylic acids is 1. The first kappa shape index (κ1) is 10.4. The summed E-state index contributed by atoms with van der Waals surface area (Å²) in [6.45, 7) is 1.65. The lowest BCUT2D eigenvalue weighted by atomic mass is 10.2. The Balaban J connectivity index is 2.15. The third-order valence-electron chi connectivity index (χ3n) is 2.09. The molecular weight excluding hydrogens is 211 g/mol. The molecule has 4 nitrogen and oxygen atoms in total. The summed E-state index contributed by atoms with van der Waals surface area (Å²) in [5, 5.41) is 5.91. The molecule has 0 aliphatic heterocycles. The number of halogens is 1. The predicted octanol–water partition coefficient (Wildman–Crippen LogP) is 2.37.